The minimum absolute atomic E-state index is 0.0491. The van der Waals surface area contributed by atoms with Gasteiger partial charge in [-0.25, -0.2) is 0 Å². The van der Waals surface area contributed by atoms with Crippen LogP contribution in [-0.2, 0) is 17.8 Å². The maximum absolute atomic E-state index is 12.2. The minimum atomic E-state index is -0.616. The molecule has 0 radical (unpaired) electrons. The van der Waals surface area contributed by atoms with E-state index in [1.54, 1.807) is 34.9 Å². The number of aromatic hydroxyl groups is 1. The number of fused-ring (bicyclic) bond motifs is 1. The minimum Gasteiger partial charge on any atom is -0.493 e. The van der Waals surface area contributed by atoms with E-state index in [-0.39, 0.29) is 24.0 Å². The molecule has 32 heavy (non-hydrogen) atoms. The third-order valence-corrected chi connectivity index (χ3v) is 5.08. The number of hydrogen-bond donors (Lipinski definition) is 2. The molecule has 1 heterocycles. The van der Waals surface area contributed by atoms with Crippen molar-refractivity contribution in [3.8, 4) is 5.88 Å². The highest BCUT2D eigenvalue weighted by atomic mass is 16.3. The second-order valence-corrected chi connectivity index (χ2v) is 7.22. The van der Waals surface area contributed by atoms with Gasteiger partial charge in [-0.15, -0.1) is 10.2 Å². The van der Waals surface area contributed by atoms with Gasteiger partial charge in [0, 0.05) is 17.5 Å². The number of aryl methyl sites for hydroxylation is 2. The molecule has 2 amide bonds. The summed E-state index contributed by atoms with van der Waals surface area (Å²) in [6.45, 7) is 0.262. The molecule has 0 spiro atoms. The Kier molecular flexibility index (Phi) is 6.36. The van der Waals surface area contributed by atoms with Gasteiger partial charge in [0.2, 0.25) is 5.88 Å². The van der Waals surface area contributed by atoms with Crippen LogP contribution in [0.1, 0.15) is 15.9 Å². The van der Waals surface area contributed by atoms with Crippen molar-refractivity contribution in [1.29, 1.82) is 0 Å². The largest absolute Gasteiger partial charge is 0.493 e. The van der Waals surface area contributed by atoms with E-state index in [2.05, 4.69) is 15.5 Å². The van der Waals surface area contributed by atoms with Gasteiger partial charge in [0.15, 0.2) is 5.69 Å². The molecule has 4 rings (SSSR count). The number of carbonyl (C=O) groups is 2. The molecule has 0 atom stereocenters. The smallest absolute Gasteiger partial charge is 0.283 e. The number of para-hydroxylation sites is 1. The molecule has 0 aliphatic heterocycles. The first kappa shape index (κ1) is 21.0. The van der Waals surface area contributed by atoms with E-state index in [9.17, 15) is 14.7 Å². The van der Waals surface area contributed by atoms with Crippen LogP contribution in [0.15, 0.2) is 95.2 Å². The van der Waals surface area contributed by atoms with Gasteiger partial charge < -0.3 is 15.0 Å². The second-order valence-electron chi connectivity index (χ2n) is 7.22. The lowest BCUT2D eigenvalue weighted by atomic mass is 10.1. The molecule has 1 aromatic heterocycles. The van der Waals surface area contributed by atoms with Crippen LogP contribution < -0.4 is 5.32 Å². The van der Waals surface area contributed by atoms with Crippen molar-refractivity contribution in [3.63, 3.8) is 0 Å². The van der Waals surface area contributed by atoms with E-state index in [0.717, 1.165) is 17.5 Å². The highest BCUT2D eigenvalue weighted by Crippen LogP contribution is 2.38. The lowest BCUT2D eigenvalue weighted by molar-refractivity contribution is -0.117. The summed E-state index contributed by atoms with van der Waals surface area (Å²) in [6, 6.07) is 26.0. The van der Waals surface area contributed by atoms with Crippen LogP contribution >= 0.6 is 0 Å². The van der Waals surface area contributed by atoms with Crippen molar-refractivity contribution in [2.75, 3.05) is 6.54 Å². The van der Waals surface area contributed by atoms with Crippen molar-refractivity contribution in [2.24, 2.45) is 10.2 Å². The Labute approximate surface area is 185 Å². The number of amides is 2. The summed E-state index contributed by atoms with van der Waals surface area (Å²) >= 11 is 0. The maximum Gasteiger partial charge on any atom is 0.283 e. The molecule has 7 nitrogen and oxygen atoms in total. The average molecular weight is 426 g/mol. The summed E-state index contributed by atoms with van der Waals surface area (Å²) in [5.74, 6) is -1.03. The fourth-order valence-corrected chi connectivity index (χ4v) is 3.47. The molecule has 2 N–H and O–H groups in total. The van der Waals surface area contributed by atoms with Crippen molar-refractivity contribution in [1.82, 2.24) is 9.88 Å². The van der Waals surface area contributed by atoms with Gasteiger partial charge in [-0.05, 0) is 30.2 Å². The number of carbonyl (C=O) groups excluding carboxylic acids is 2. The fraction of sp³-hybridized carbons (Fsp3) is 0.120. The van der Waals surface area contributed by atoms with Crippen molar-refractivity contribution >= 4 is 28.4 Å². The molecule has 0 unspecified atom stereocenters. The lowest BCUT2D eigenvalue weighted by Gasteiger charge is -2.07. The first-order chi connectivity index (χ1) is 15.6. The van der Waals surface area contributed by atoms with E-state index in [4.69, 9.17) is 0 Å². The van der Waals surface area contributed by atoms with Gasteiger partial charge in [-0.2, -0.15) is 0 Å². The molecule has 4 aromatic rings. The molecule has 0 saturated heterocycles. The number of azo groups is 1. The summed E-state index contributed by atoms with van der Waals surface area (Å²) in [4.78, 5) is 24.2. The zero-order valence-electron chi connectivity index (χ0n) is 17.3. The number of nitrogens with one attached hydrogen (secondary N) is 1. The topological polar surface area (TPSA) is 96.1 Å². The Balaban J connectivity index is 1.48. The third-order valence-electron chi connectivity index (χ3n) is 5.08. The lowest BCUT2D eigenvalue weighted by Crippen LogP contribution is -2.28. The predicted molar refractivity (Wildman–Crippen MR) is 122 cm³/mol. The van der Waals surface area contributed by atoms with Crippen LogP contribution in [0.4, 0.5) is 5.69 Å². The quantitative estimate of drug-likeness (QED) is 0.422. The van der Waals surface area contributed by atoms with Crippen LogP contribution in [0.25, 0.3) is 10.9 Å². The molecule has 0 bridgehead atoms. The monoisotopic (exact) mass is 426 g/mol. The Hall–Kier alpha value is -4.26. The Morgan fingerprint density at radius 3 is 2.28 bits per heavy atom. The number of rotatable bonds is 7. The van der Waals surface area contributed by atoms with Crippen molar-refractivity contribution in [2.45, 2.75) is 13.0 Å². The van der Waals surface area contributed by atoms with Crippen LogP contribution in [0.5, 0.6) is 5.88 Å². The first-order valence-corrected chi connectivity index (χ1v) is 10.3. The Bertz CT molecular complexity index is 1260. The zero-order valence-corrected chi connectivity index (χ0v) is 17.3. The van der Waals surface area contributed by atoms with Gasteiger partial charge >= 0.3 is 0 Å². The van der Waals surface area contributed by atoms with Gasteiger partial charge in [0.1, 0.15) is 6.54 Å². The summed E-state index contributed by atoms with van der Waals surface area (Å²) in [5, 5.41) is 21.7. The summed E-state index contributed by atoms with van der Waals surface area (Å²) in [7, 11) is 0. The summed E-state index contributed by atoms with van der Waals surface area (Å²) in [5.41, 5.74) is 2.64. The SMILES string of the molecule is O=C(CNC(=O)c1ccccc1)N=Nc1c(O)n(CCc2ccccc2)c2ccccc12. The molecule has 0 fully saturated rings. The van der Waals surface area contributed by atoms with Crippen LogP contribution in [0, 0.1) is 0 Å². The van der Waals surface area contributed by atoms with E-state index >= 15 is 0 Å². The van der Waals surface area contributed by atoms with Gasteiger partial charge in [0.05, 0.1) is 5.52 Å². The molecule has 0 saturated carbocycles. The Morgan fingerprint density at radius 2 is 1.53 bits per heavy atom. The molecule has 7 heteroatoms. The summed E-state index contributed by atoms with van der Waals surface area (Å²) < 4.78 is 1.76. The average Bonchev–Trinajstić information content (AvgIpc) is 3.11. The maximum atomic E-state index is 12.2. The highest BCUT2D eigenvalue weighted by Gasteiger charge is 2.17. The number of nitrogens with zero attached hydrogens (tertiary/aromatic N) is 3. The number of aromatic nitrogens is 1. The summed E-state index contributed by atoms with van der Waals surface area (Å²) in [6.07, 6.45) is 0.730. The molecular formula is C25H22N4O3. The van der Waals surface area contributed by atoms with E-state index in [0.29, 0.717) is 17.5 Å². The van der Waals surface area contributed by atoms with Gasteiger partial charge in [-0.1, -0.05) is 66.7 Å². The highest BCUT2D eigenvalue weighted by molar-refractivity contribution is 5.97. The third kappa shape index (κ3) is 4.73. The van der Waals surface area contributed by atoms with Crippen LogP contribution in [0.3, 0.4) is 0 Å². The standard InChI is InChI=1S/C25H22N4O3/c30-22(17-26-24(31)19-11-5-2-6-12-19)27-28-23-20-13-7-8-14-21(20)29(25(23)32)16-15-18-9-3-1-4-10-18/h1-14,32H,15-17H2,(H,26,31). The van der Waals surface area contributed by atoms with Crippen LogP contribution in [0.2, 0.25) is 0 Å². The van der Waals surface area contributed by atoms with Crippen molar-refractivity contribution < 1.29 is 14.7 Å². The normalized spacial score (nSPS) is 11.1. The zero-order chi connectivity index (χ0) is 22.3. The molecular weight excluding hydrogens is 404 g/mol. The van der Waals surface area contributed by atoms with E-state index < -0.39 is 5.91 Å². The van der Waals surface area contributed by atoms with Crippen LogP contribution in [-0.4, -0.2) is 28.0 Å². The van der Waals surface area contributed by atoms with E-state index in [1.165, 1.54) is 0 Å². The molecule has 0 aliphatic rings. The number of benzene rings is 3. The second kappa shape index (κ2) is 9.70. The molecule has 3 aromatic carbocycles. The van der Waals surface area contributed by atoms with Crippen molar-refractivity contribution in [3.05, 3.63) is 96.1 Å². The Morgan fingerprint density at radius 1 is 0.875 bits per heavy atom. The van der Waals surface area contributed by atoms with E-state index in [1.807, 2.05) is 54.6 Å². The molecule has 0 aliphatic carbocycles. The number of hydrogen-bond acceptors (Lipinski definition) is 4. The predicted octanol–water partition coefficient (Wildman–Crippen LogP) is 4.63. The fourth-order valence-electron chi connectivity index (χ4n) is 3.47. The van der Waals surface area contributed by atoms with Gasteiger partial charge in [0.25, 0.3) is 11.8 Å². The molecule has 160 valence electrons. The first-order valence-electron chi connectivity index (χ1n) is 10.3. The van der Waals surface area contributed by atoms with Gasteiger partial charge in [-0.3, -0.25) is 9.59 Å².